The third-order valence-corrected chi connectivity index (χ3v) is 12.7. The minimum atomic E-state index is -1.52. The summed E-state index contributed by atoms with van der Waals surface area (Å²) in [4.78, 5) is 37.4. The molecule has 2 unspecified atom stereocenters. The first-order valence-electron chi connectivity index (χ1n) is 30.7. The number of carbonyl (C=O) groups is 3. The van der Waals surface area contributed by atoms with Gasteiger partial charge in [-0.25, -0.2) is 4.79 Å². The van der Waals surface area contributed by atoms with Crippen molar-refractivity contribution in [2.45, 2.75) is 245 Å². The van der Waals surface area contributed by atoms with Crippen LogP contribution >= 0.6 is 0 Å². The number of carboxylic acid groups (broad SMARTS) is 1. The molecule has 0 heterocycles. The van der Waals surface area contributed by atoms with Gasteiger partial charge in [-0.1, -0.05) is 238 Å². The minimum Gasteiger partial charge on any atom is -0.477 e. The molecule has 0 aliphatic carbocycles. The molecule has 438 valence electrons. The van der Waals surface area contributed by atoms with Gasteiger partial charge in [-0.3, -0.25) is 9.59 Å². The van der Waals surface area contributed by atoms with Crippen LogP contribution in [0.15, 0.2) is 122 Å². The van der Waals surface area contributed by atoms with Crippen molar-refractivity contribution in [3.63, 3.8) is 0 Å². The second kappa shape index (κ2) is 57.9. The lowest BCUT2D eigenvalue weighted by atomic mass is 10.0. The predicted molar refractivity (Wildman–Crippen MR) is 327 cm³/mol. The maximum absolute atomic E-state index is 12.9. The highest BCUT2D eigenvalue weighted by Crippen LogP contribution is 2.16. The van der Waals surface area contributed by atoms with Crippen molar-refractivity contribution in [1.29, 1.82) is 0 Å². The van der Waals surface area contributed by atoms with Crippen molar-refractivity contribution in [2.24, 2.45) is 0 Å². The Labute approximate surface area is 472 Å². The van der Waals surface area contributed by atoms with Crippen molar-refractivity contribution >= 4 is 17.9 Å². The van der Waals surface area contributed by atoms with Gasteiger partial charge in [0, 0.05) is 12.8 Å². The zero-order chi connectivity index (χ0) is 56.2. The van der Waals surface area contributed by atoms with E-state index in [1.54, 1.807) is 0 Å². The number of hydrogen-bond donors (Lipinski definition) is 1. The second-order valence-corrected chi connectivity index (χ2v) is 21.2. The van der Waals surface area contributed by atoms with Gasteiger partial charge in [0.25, 0.3) is 6.29 Å². The molecular formula is C68H114NO8+. The van der Waals surface area contributed by atoms with Crippen molar-refractivity contribution in [2.75, 3.05) is 47.5 Å². The average molecular weight is 1070 g/mol. The largest absolute Gasteiger partial charge is 0.477 e. The maximum Gasteiger partial charge on any atom is 0.361 e. The van der Waals surface area contributed by atoms with Crippen molar-refractivity contribution in [3.05, 3.63) is 122 Å². The molecule has 9 nitrogen and oxygen atoms in total. The van der Waals surface area contributed by atoms with Crippen LogP contribution in [0, 0.1) is 0 Å². The minimum absolute atomic E-state index is 0.178. The Kier molecular flexibility index (Phi) is 54.6. The van der Waals surface area contributed by atoms with Crippen LogP contribution in [0.3, 0.4) is 0 Å². The SMILES string of the molecule is CC/C=C\C/C=C\C/C=C\C/C=C\C/C=C\C/C=C\CCCCCCCCCCCCCCCCCCC(=O)OC(COC(=O)CCCCCC/C=C\C/C=C\C/C=C\C/C=C\CC)COC(OCC[N+](C)(C)C)C(=O)O. The lowest BCUT2D eigenvalue weighted by Crippen LogP contribution is -2.40. The molecule has 0 amide bonds. The fourth-order valence-corrected chi connectivity index (χ4v) is 8.07. The van der Waals surface area contributed by atoms with E-state index in [0.717, 1.165) is 109 Å². The summed E-state index contributed by atoms with van der Waals surface area (Å²) in [6.45, 7) is 4.61. The van der Waals surface area contributed by atoms with Crippen LogP contribution in [0.25, 0.3) is 0 Å². The molecule has 9 heteroatoms. The van der Waals surface area contributed by atoms with Gasteiger partial charge in [0.2, 0.25) is 0 Å². The van der Waals surface area contributed by atoms with Crippen LogP contribution in [0.5, 0.6) is 0 Å². The Bertz CT molecular complexity index is 1670. The monoisotopic (exact) mass is 1070 g/mol. The number of aliphatic carboxylic acids is 1. The molecule has 77 heavy (non-hydrogen) atoms. The summed E-state index contributed by atoms with van der Waals surface area (Å²) in [5.41, 5.74) is 0. The number of quaternary nitrogens is 1. The third kappa shape index (κ3) is 59.2. The van der Waals surface area contributed by atoms with Crippen LogP contribution in [0.1, 0.15) is 232 Å². The molecule has 0 aliphatic heterocycles. The van der Waals surface area contributed by atoms with E-state index in [1.165, 1.54) is 83.5 Å². The van der Waals surface area contributed by atoms with E-state index in [1.807, 2.05) is 21.1 Å². The van der Waals surface area contributed by atoms with Gasteiger partial charge in [0.05, 0.1) is 34.4 Å². The molecular weight excluding hydrogens is 959 g/mol. The number of hydrogen-bond acceptors (Lipinski definition) is 7. The van der Waals surface area contributed by atoms with Gasteiger partial charge in [-0.15, -0.1) is 0 Å². The molecule has 0 aliphatic rings. The Morgan fingerprint density at radius 1 is 0.390 bits per heavy atom. The van der Waals surface area contributed by atoms with E-state index in [0.29, 0.717) is 23.9 Å². The highest BCUT2D eigenvalue weighted by atomic mass is 16.7. The van der Waals surface area contributed by atoms with Gasteiger partial charge < -0.3 is 28.5 Å². The van der Waals surface area contributed by atoms with Gasteiger partial charge in [0.15, 0.2) is 6.10 Å². The zero-order valence-corrected chi connectivity index (χ0v) is 49.8. The topological polar surface area (TPSA) is 108 Å². The number of rotatable bonds is 55. The summed E-state index contributed by atoms with van der Waals surface area (Å²) in [6, 6.07) is 0. The fourth-order valence-electron chi connectivity index (χ4n) is 8.07. The first kappa shape index (κ1) is 72.7. The van der Waals surface area contributed by atoms with Crippen LogP contribution in [-0.4, -0.2) is 87.4 Å². The molecule has 0 radical (unpaired) electrons. The molecule has 0 bridgehead atoms. The Hall–Kier alpha value is -4.31. The van der Waals surface area contributed by atoms with Gasteiger partial charge in [-0.2, -0.15) is 0 Å². The zero-order valence-electron chi connectivity index (χ0n) is 49.8. The van der Waals surface area contributed by atoms with E-state index < -0.39 is 24.3 Å². The average Bonchev–Trinajstić information content (AvgIpc) is 3.40. The summed E-state index contributed by atoms with van der Waals surface area (Å²) in [6.07, 6.45) is 78.6. The van der Waals surface area contributed by atoms with Gasteiger partial charge >= 0.3 is 17.9 Å². The summed E-state index contributed by atoms with van der Waals surface area (Å²) in [7, 11) is 5.96. The van der Waals surface area contributed by atoms with E-state index in [9.17, 15) is 19.5 Å². The van der Waals surface area contributed by atoms with Crippen molar-refractivity contribution < 1.29 is 42.9 Å². The highest BCUT2D eigenvalue weighted by molar-refractivity contribution is 5.71. The van der Waals surface area contributed by atoms with Crippen LogP contribution in [0.4, 0.5) is 0 Å². The number of esters is 2. The summed E-state index contributed by atoms with van der Waals surface area (Å²) >= 11 is 0. The number of ether oxygens (including phenoxy) is 4. The molecule has 2 atom stereocenters. The van der Waals surface area contributed by atoms with Gasteiger partial charge in [-0.05, 0) is 103 Å². The molecule has 0 fully saturated rings. The fraction of sp³-hybridized carbons (Fsp3) is 0.662. The number of likely N-dealkylation sites (N-methyl/N-ethyl adjacent to an activating group) is 1. The Morgan fingerprint density at radius 3 is 1.04 bits per heavy atom. The van der Waals surface area contributed by atoms with Crippen LogP contribution in [0.2, 0.25) is 0 Å². The molecule has 0 aromatic heterocycles. The van der Waals surface area contributed by atoms with Gasteiger partial charge in [0.1, 0.15) is 13.2 Å². The van der Waals surface area contributed by atoms with E-state index in [-0.39, 0.29) is 38.6 Å². The van der Waals surface area contributed by atoms with E-state index >= 15 is 0 Å². The molecule has 0 aromatic carbocycles. The van der Waals surface area contributed by atoms with Crippen LogP contribution in [-0.2, 0) is 33.3 Å². The molecule has 0 spiro atoms. The second-order valence-electron chi connectivity index (χ2n) is 21.2. The number of allylic oxidation sites excluding steroid dienone is 20. The standard InChI is InChI=1S/C68H113NO8/c1-6-8-10-12-14-16-18-20-22-24-25-26-27-28-29-30-31-32-33-34-35-36-37-38-39-40-41-43-45-47-49-51-53-55-57-59-66(71)77-64(63-76-68(67(72)73)74-61-60-69(3,4)5)62-75-65(70)58-56-54-52-50-48-46-44-42-23-21-19-17-15-13-11-9-7-2/h8-11,14-17,20-23,25-26,28-29,31-32,44,46,64,68H,6-7,12-13,18-19,24,27,30,33-43,45,47-63H2,1-5H3/p+1/b10-8-,11-9-,16-14-,17-15-,22-20-,23-21-,26-25-,29-28-,32-31-,46-44-. The molecule has 0 aromatic rings. The van der Waals surface area contributed by atoms with Crippen molar-refractivity contribution in [3.8, 4) is 0 Å². The number of unbranched alkanes of at least 4 members (excludes halogenated alkanes) is 20. The van der Waals surface area contributed by atoms with Crippen molar-refractivity contribution in [1.82, 2.24) is 0 Å². The van der Waals surface area contributed by atoms with E-state index in [4.69, 9.17) is 18.9 Å². The number of carboxylic acids is 1. The summed E-state index contributed by atoms with van der Waals surface area (Å²) in [5, 5.41) is 9.71. The number of nitrogens with zero attached hydrogens (tertiary/aromatic N) is 1. The molecule has 0 saturated carbocycles. The normalized spacial score (nSPS) is 13.6. The lowest BCUT2D eigenvalue weighted by molar-refractivity contribution is -0.870. The van der Waals surface area contributed by atoms with E-state index in [2.05, 4.69) is 135 Å². The highest BCUT2D eigenvalue weighted by Gasteiger charge is 2.25. The molecule has 0 rings (SSSR count). The summed E-state index contributed by atoms with van der Waals surface area (Å²) < 4.78 is 22.9. The summed E-state index contributed by atoms with van der Waals surface area (Å²) in [5.74, 6) is -2.04. The first-order chi connectivity index (χ1) is 37.6. The quantitative estimate of drug-likeness (QED) is 0.0211. The third-order valence-electron chi connectivity index (χ3n) is 12.7. The first-order valence-corrected chi connectivity index (χ1v) is 30.7. The smallest absolute Gasteiger partial charge is 0.361 e. The Morgan fingerprint density at radius 2 is 0.701 bits per heavy atom. The molecule has 0 saturated heterocycles. The number of carbonyl (C=O) groups excluding carboxylic acids is 2. The predicted octanol–water partition coefficient (Wildman–Crippen LogP) is 18.5. The van der Waals surface area contributed by atoms with Crippen LogP contribution < -0.4 is 0 Å². The molecule has 1 N–H and O–H groups in total. The Balaban J connectivity index is 4.15. The lowest BCUT2D eigenvalue weighted by Gasteiger charge is -2.25. The maximum atomic E-state index is 12.9.